The normalized spacial score (nSPS) is 20.6. The number of carbonyl (C=O) groups is 2. The van der Waals surface area contributed by atoms with Crippen LogP contribution in [0.3, 0.4) is 0 Å². The fourth-order valence-electron chi connectivity index (χ4n) is 6.23. The van der Waals surface area contributed by atoms with Crippen LogP contribution in [-0.4, -0.2) is 18.7 Å². The third-order valence-electron chi connectivity index (χ3n) is 7.77. The predicted molar refractivity (Wildman–Crippen MR) is 149 cm³/mol. The summed E-state index contributed by atoms with van der Waals surface area (Å²) in [6, 6.07) is 11.8. The summed E-state index contributed by atoms with van der Waals surface area (Å²) in [5, 5.41) is 3.95. The minimum Gasteiger partial charge on any atom is -0.493 e. The van der Waals surface area contributed by atoms with E-state index < -0.39 is 5.92 Å². The molecule has 1 N–H and O–H groups in total. The highest BCUT2D eigenvalue weighted by atomic mass is 35.5. The first-order valence-corrected chi connectivity index (χ1v) is 13.6. The number of ether oxygens (including phenoxy) is 2. The van der Waals surface area contributed by atoms with Gasteiger partial charge in [-0.3, -0.25) is 9.59 Å². The molecule has 0 saturated heterocycles. The lowest BCUT2D eigenvalue weighted by Gasteiger charge is -2.44. The van der Waals surface area contributed by atoms with E-state index in [9.17, 15) is 9.59 Å². The first-order chi connectivity index (χ1) is 17.9. The van der Waals surface area contributed by atoms with Crippen molar-refractivity contribution >= 4 is 23.2 Å². The molecule has 0 fully saturated rings. The van der Waals surface area contributed by atoms with E-state index in [2.05, 4.69) is 39.1 Å². The molecular formula is C32H36ClNO4. The zero-order chi connectivity index (χ0) is 27.4. The molecule has 2 aromatic rings. The van der Waals surface area contributed by atoms with E-state index in [0.717, 1.165) is 40.9 Å². The molecule has 0 amide bonds. The van der Waals surface area contributed by atoms with Crippen LogP contribution in [0, 0.1) is 17.8 Å². The summed E-state index contributed by atoms with van der Waals surface area (Å²) in [5.41, 5.74) is 5.87. The molecule has 3 aliphatic rings. The largest absolute Gasteiger partial charge is 0.493 e. The van der Waals surface area contributed by atoms with Crippen LogP contribution in [0.5, 0.6) is 11.5 Å². The van der Waals surface area contributed by atoms with Crippen molar-refractivity contribution < 1.29 is 19.1 Å². The zero-order valence-electron chi connectivity index (χ0n) is 23.1. The Balaban J connectivity index is 1.60. The maximum absolute atomic E-state index is 13.6. The van der Waals surface area contributed by atoms with Crippen LogP contribution in [0.25, 0.3) is 0 Å². The van der Waals surface area contributed by atoms with Gasteiger partial charge in [0.25, 0.3) is 0 Å². The van der Waals surface area contributed by atoms with Gasteiger partial charge >= 0.3 is 0 Å². The van der Waals surface area contributed by atoms with E-state index in [1.807, 2.05) is 37.3 Å². The Labute approximate surface area is 230 Å². The van der Waals surface area contributed by atoms with Crippen molar-refractivity contribution in [3.05, 3.63) is 80.7 Å². The van der Waals surface area contributed by atoms with E-state index in [0.29, 0.717) is 47.1 Å². The summed E-state index contributed by atoms with van der Waals surface area (Å²) in [4.78, 5) is 27.2. The van der Waals surface area contributed by atoms with E-state index >= 15 is 0 Å². The van der Waals surface area contributed by atoms with Gasteiger partial charge in [-0.25, -0.2) is 0 Å². The number of benzene rings is 2. The predicted octanol–water partition coefficient (Wildman–Crippen LogP) is 7.21. The van der Waals surface area contributed by atoms with Gasteiger partial charge in [0.05, 0.1) is 12.1 Å². The van der Waals surface area contributed by atoms with Crippen LogP contribution >= 0.6 is 11.6 Å². The van der Waals surface area contributed by atoms with Crippen molar-refractivity contribution in [1.82, 2.24) is 5.32 Å². The fraction of sp³-hybridized carbons (Fsp3) is 0.438. The van der Waals surface area contributed by atoms with Crippen LogP contribution in [0.1, 0.15) is 76.0 Å². The number of dihydropyridines is 1. The number of nitrogens with one attached hydrogen (secondary N) is 1. The van der Waals surface area contributed by atoms with Crippen LogP contribution in [-0.2, 0) is 16.2 Å². The standard InChI is InChI=1S/C32H36ClNO4/c1-18-8-7-9-19(10-18)17-38-30-21(33)11-20(12-26(30)37-6)27-28-22(13-31(2,3)15-24(28)35)34-23-14-32(4,5)16-25(36)29(23)27/h7-12,27,34H,13-17H2,1-6H3. The van der Waals surface area contributed by atoms with Crippen molar-refractivity contribution in [3.63, 3.8) is 0 Å². The third kappa shape index (κ3) is 5.01. The molecule has 6 heteroatoms. The Bertz CT molecular complexity index is 1350. The summed E-state index contributed by atoms with van der Waals surface area (Å²) in [6.45, 7) is 10.8. The summed E-state index contributed by atoms with van der Waals surface area (Å²) in [5.74, 6) is 0.602. The molecule has 38 heavy (non-hydrogen) atoms. The number of aryl methyl sites for hydroxylation is 1. The summed E-state index contributed by atoms with van der Waals surface area (Å²) in [7, 11) is 1.58. The quantitative estimate of drug-likeness (QED) is 0.440. The van der Waals surface area contributed by atoms with Gasteiger partial charge in [-0.1, -0.05) is 69.1 Å². The van der Waals surface area contributed by atoms with Crippen molar-refractivity contribution in [2.24, 2.45) is 10.8 Å². The molecule has 2 aromatic carbocycles. The third-order valence-corrected chi connectivity index (χ3v) is 8.05. The Morgan fingerprint density at radius 2 is 1.53 bits per heavy atom. The maximum atomic E-state index is 13.6. The van der Waals surface area contributed by atoms with Crippen LogP contribution in [0.2, 0.25) is 5.02 Å². The molecule has 0 radical (unpaired) electrons. The number of carbonyl (C=O) groups excluding carboxylic acids is 2. The molecule has 0 spiro atoms. The van der Waals surface area contributed by atoms with E-state index in [1.165, 1.54) is 0 Å². The van der Waals surface area contributed by atoms with Gasteiger partial charge in [0.15, 0.2) is 23.1 Å². The van der Waals surface area contributed by atoms with Crippen LogP contribution < -0.4 is 14.8 Å². The fourth-order valence-corrected chi connectivity index (χ4v) is 6.50. The van der Waals surface area contributed by atoms with Crippen molar-refractivity contribution in [2.75, 3.05) is 7.11 Å². The van der Waals surface area contributed by atoms with Gasteiger partial charge in [-0.15, -0.1) is 0 Å². The number of Topliss-reactive ketones (excluding diaryl/α,β-unsaturated/α-hetero) is 2. The SMILES string of the molecule is COc1cc(C2C3=C(CC(C)(C)CC3=O)NC3=C2C(=O)CC(C)(C)C3)cc(Cl)c1OCc1cccc(C)c1. The second kappa shape index (κ2) is 9.60. The molecule has 1 aliphatic heterocycles. The lowest BCUT2D eigenvalue weighted by molar-refractivity contribution is -0.119. The van der Waals surface area contributed by atoms with E-state index in [4.69, 9.17) is 21.1 Å². The lowest BCUT2D eigenvalue weighted by atomic mass is 9.64. The Morgan fingerprint density at radius 3 is 2.08 bits per heavy atom. The molecule has 0 unspecified atom stereocenters. The van der Waals surface area contributed by atoms with Gasteiger partial charge in [-0.2, -0.15) is 0 Å². The zero-order valence-corrected chi connectivity index (χ0v) is 23.8. The van der Waals surface area contributed by atoms with E-state index in [-0.39, 0.29) is 22.4 Å². The lowest BCUT2D eigenvalue weighted by Crippen LogP contribution is -2.42. The van der Waals surface area contributed by atoms with Crippen molar-refractivity contribution in [2.45, 2.75) is 72.8 Å². The molecule has 1 heterocycles. The monoisotopic (exact) mass is 533 g/mol. The molecule has 5 nitrogen and oxygen atoms in total. The number of hydrogen-bond donors (Lipinski definition) is 1. The molecule has 0 bridgehead atoms. The number of rotatable bonds is 5. The van der Waals surface area contributed by atoms with Gasteiger partial charge in [0.1, 0.15) is 6.61 Å². The first-order valence-electron chi connectivity index (χ1n) is 13.2. The Hall–Kier alpha value is -3.05. The average Bonchev–Trinajstić information content (AvgIpc) is 2.80. The maximum Gasteiger partial charge on any atom is 0.180 e. The Kier molecular flexibility index (Phi) is 6.71. The molecule has 0 aromatic heterocycles. The van der Waals surface area contributed by atoms with Crippen molar-refractivity contribution in [3.8, 4) is 11.5 Å². The number of ketones is 2. The second-order valence-electron chi connectivity index (χ2n) is 12.5. The molecule has 0 atom stereocenters. The number of halogens is 1. The van der Waals surface area contributed by atoms with Crippen molar-refractivity contribution in [1.29, 1.82) is 0 Å². The smallest absolute Gasteiger partial charge is 0.180 e. The molecule has 5 rings (SSSR count). The second-order valence-corrected chi connectivity index (χ2v) is 12.9. The summed E-state index contributed by atoms with van der Waals surface area (Å²) >= 11 is 6.82. The van der Waals surface area contributed by atoms with Crippen LogP contribution in [0.15, 0.2) is 58.9 Å². The van der Waals surface area contributed by atoms with Gasteiger partial charge in [0, 0.05) is 41.3 Å². The number of hydrogen-bond acceptors (Lipinski definition) is 5. The molecular weight excluding hydrogens is 498 g/mol. The van der Waals surface area contributed by atoms with Gasteiger partial charge < -0.3 is 14.8 Å². The first kappa shape index (κ1) is 26.6. The summed E-state index contributed by atoms with van der Waals surface area (Å²) in [6.07, 6.45) is 2.38. The average molecular weight is 534 g/mol. The van der Waals surface area contributed by atoms with Crippen LogP contribution in [0.4, 0.5) is 0 Å². The molecule has 2 aliphatic carbocycles. The highest BCUT2D eigenvalue weighted by Crippen LogP contribution is 2.52. The number of allylic oxidation sites excluding steroid dienone is 4. The topological polar surface area (TPSA) is 64.6 Å². The minimum absolute atomic E-state index is 0.0767. The Morgan fingerprint density at radius 1 is 0.921 bits per heavy atom. The van der Waals surface area contributed by atoms with Gasteiger partial charge in [0.2, 0.25) is 0 Å². The number of methoxy groups -OCH3 is 1. The highest BCUT2D eigenvalue weighted by Gasteiger charge is 2.46. The highest BCUT2D eigenvalue weighted by molar-refractivity contribution is 6.32. The van der Waals surface area contributed by atoms with E-state index in [1.54, 1.807) is 7.11 Å². The van der Waals surface area contributed by atoms with Gasteiger partial charge in [-0.05, 0) is 53.9 Å². The summed E-state index contributed by atoms with van der Waals surface area (Å²) < 4.78 is 11.9. The molecule has 200 valence electrons. The molecule has 0 saturated carbocycles. The minimum atomic E-state index is -0.481.